The van der Waals surface area contributed by atoms with Gasteiger partial charge in [0.1, 0.15) is 5.82 Å². The molecule has 1 aromatic carbocycles. The Morgan fingerprint density at radius 1 is 1.41 bits per heavy atom. The van der Waals surface area contributed by atoms with Crippen LogP contribution in [0.2, 0.25) is 0 Å². The van der Waals surface area contributed by atoms with Crippen LogP contribution in [0.5, 0.6) is 0 Å². The number of hydrogen-bond donors (Lipinski definition) is 2. The predicted octanol–water partition coefficient (Wildman–Crippen LogP) is 3.53. The highest BCUT2D eigenvalue weighted by molar-refractivity contribution is 5.80. The van der Waals surface area contributed by atoms with Gasteiger partial charge in [0.25, 0.3) is 0 Å². The Labute approximate surface area is 156 Å². The molecular weight excluding hydrogens is 354 g/mol. The van der Waals surface area contributed by atoms with Gasteiger partial charge >= 0.3 is 5.97 Å². The Morgan fingerprint density at radius 2 is 2.15 bits per heavy atom. The molecule has 1 aliphatic rings. The lowest BCUT2D eigenvalue weighted by molar-refractivity contribution is -0.176. The number of aromatic nitrogens is 2. The van der Waals surface area contributed by atoms with E-state index in [1.807, 2.05) is 17.7 Å². The normalized spacial score (nSPS) is 21.6. The van der Waals surface area contributed by atoms with Crippen molar-refractivity contribution in [3.8, 4) is 0 Å². The highest BCUT2D eigenvalue weighted by Gasteiger charge is 2.52. The second kappa shape index (κ2) is 7.38. The van der Waals surface area contributed by atoms with Crippen molar-refractivity contribution in [3.63, 3.8) is 0 Å². The number of carbonyl (C=O) groups is 1. The molecule has 2 atom stereocenters. The largest absolute Gasteiger partial charge is 0.479 e. The molecular formula is C20H24F2N2O3. The number of benzene rings is 1. The minimum Gasteiger partial charge on any atom is -0.479 e. The SMILES string of the molecule is Cc1nccn1CCc1ccccc1[C@@](O)(C(=O)O)[C@@H]1CCCC(F)(F)C1. The Bertz CT molecular complexity index is 821. The number of carboxylic acid groups (broad SMARTS) is 1. The standard InChI is InChI=1S/C20H24F2N2O3/c1-14-23-10-12-24(14)11-8-15-5-2-3-7-17(15)20(27,18(25)26)16-6-4-9-19(21,22)13-16/h2-3,5,7,10,12,16,27H,4,6,8-9,11,13H2,1H3,(H,25,26)/t16-,20-/m1/s1. The van der Waals surface area contributed by atoms with Crippen molar-refractivity contribution in [2.45, 2.75) is 57.1 Å². The third-order valence-electron chi connectivity index (χ3n) is 5.53. The summed E-state index contributed by atoms with van der Waals surface area (Å²) in [4.78, 5) is 16.2. The lowest BCUT2D eigenvalue weighted by Crippen LogP contribution is -2.47. The number of aliphatic carboxylic acids is 1. The predicted molar refractivity (Wildman–Crippen MR) is 95.5 cm³/mol. The summed E-state index contributed by atoms with van der Waals surface area (Å²) < 4.78 is 29.8. The number of alkyl halides is 2. The molecule has 7 heteroatoms. The van der Waals surface area contributed by atoms with Gasteiger partial charge < -0.3 is 14.8 Å². The molecule has 0 radical (unpaired) electrons. The van der Waals surface area contributed by atoms with Crippen LogP contribution in [0, 0.1) is 12.8 Å². The van der Waals surface area contributed by atoms with E-state index in [9.17, 15) is 23.8 Å². The molecule has 5 nitrogen and oxygen atoms in total. The first kappa shape index (κ1) is 19.5. The van der Waals surface area contributed by atoms with Crippen LogP contribution in [0.25, 0.3) is 0 Å². The van der Waals surface area contributed by atoms with Crippen LogP contribution in [-0.2, 0) is 23.4 Å². The van der Waals surface area contributed by atoms with E-state index in [1.165, 1.54) is 6.07 Å². The van der Waals surface area contributed by atoms with E-state index in [4.69, 9.17) is 0 Å². The first-order valence-electron chi connectivity index (χ1n) is 9.14. The van der Waals surface area contributed by atoms with Gasteiger partial charge in [0, 0.05) is 37.7 Å². The number of carboxylic acids is 1. The van der Waals surface area contributed by atoms with Gasteiger partial charge in [0.05, 0.1) is 0 Å². The number of aliphatic hydroxyl groups is 1. The van der Waals surface area contributed by atoms with Crippen LogP contribution in [-0.4, -0.2) is 31.7 Å². The smallest absolute Gasteiger partial charge is 0.340 e. The van der Waals surface area contributed by atoms with Gasteiger partial charge in [-0.15, -0.1) is 0 Å². The first-order chi connectivity index (χ1) is 12.7. The van der Waals surface area contributed by atoms with Gasteiger partial charge in [-0.1, -0.05) is 24.3 Å². The van der Waals surface area contributed by atoms with Crippen molar-refractivity contribution in [2.75, 3.05) is 0 Å². The number of imidazole rings is 1. The fraction of sp³-hybridized carbons (Fsp3) is 0.500. The zero-order chi connectivity index (χ0) is 19.7. The Kier molecular flexibility index (Phi) is 5.33. The molecule has 146 valence electrons. The van der Waals surface area contributed by atoms with Crippen molar-refractivity contribution < 1.29 is 23.8 Å². The van der Waals surface area contributed by atoms with E-state index < -0.39 is 29.8 Å². The van der Waals surface area contributed by atoms with Gasteiger partial charge in [-0.05, 0) is 37.3 Å². The van der Waals surface area contributed by atoms with E-state index >= 15 is 0 Å². The summed E-state index contributed by atoms with van der Waals surface area (Å²) in [7, 11) is 0. The molecule has 2 N–H and O–H groups in total. The third-order valence-corrected chi connectivity index (χ3v) is 5.53. The van der Waals surface area contributed by atoms with Crippen molar-refractivity contribution in [2.24, 2.45) is 5.92 Å². The van der Waals surface area contributed by atoms with Crippen molar-refractivity contribution in [1.82, 2.24) is 9.55 Å². The molecule has 0 spiro atoms. The molecule has 27 heavy (non-hydrogen) atoms. The van der Waals surface area contributed by atoms with E-state index in [2.05, 4.69) is 4.98 Å². The van der Waals surface area contributed by atoms with Gasteiger partial charge in [0.2, 0.25) is 5.92 Å². The maximum Gasteiger partial charge on any atom is 0.340 e. The van der Waals surface area contributed by atoms with E-state index in [0.29, 0.717) is 18.5 Å². The molecule has 2 aromatic rings. The summed E-state index contributed by atoms with van der Waals surface area (Å²) in [6, 6.07) is 6.68. The van der Waals surface area contributed by atoms with Gasteiger partial charge in [-0.2, -0.15) is 0 Å². The quantitative estimate of drug-likeness (QED) is 0.806. The van der Waals surface area contributed by atoms with E-state index in [-0.39, 0.29) is 24.8 Å². The molecule has 0 amide bonds. The van der Waals surface area contributed by atoms with Crippen LogP contribution in [0.15, 0.2) is 36.7 Å². The molecule has 1 aliphatic carbocycles. The summed E-state index contributed by atoms with van der Waals surface area (Å²) in [6.45, 7) is 2.42. The molecule has 0 bridgehead atoms. The zero-order valence-electron chi connectivity index (χ0n) is 15.2. The monoisotopic (exact) mass is 378 g/mol. The fourth-order valence-electron chi connectivity index (χ4n) is 4.03. The lowest BCUT2D eigenvalue weighted by atomic mass is 9.71. The van der Waals surface area contributed by atoms with Gasteiger partial charge in [0.15, 0.2) is 5.60 Å². The lowest BCUT2D eigenvalue weighted by Gasteiger charge is -2.39. The zero-order valence-corrected chi connectivity index (χ0v) is 15.2. The number of rotatable bonds is 6. The summed E-state index contributed by atoms with van der Waals surface area (Å²) in [6.07, 6.45) is 3.54. The van der Waals surface area contributed by atoms with Crippen molar-refractivity contribution in [3.05, 3.63) is 53.6 Å². The van der Waals surface area contributed by atoms with Crippen LogP contribution in [0.3, 0.4) is 0 Å². The molecule has 0 saturated heterocycles. The Morgan fingerprint density at radius 3 is 2.78 bits per heavy atom. The molecule has 0 aliphatic heterocycles. The molecule has 3 rings (SSSR count). The second-order valence-corrected chi connectivity index (χ2v) is 7.30. The number of hydrogen-bond acceptors (Lipinski definition) is 3. The number of nitrogens with zero attached hydrogens (tertiary/aromatic N) is 2. The Hall–Kier alpha value is -2.28. The van der Waals surface area contributed by atoms with Crippen LogP contribution >= 0.6 is 0 Å². The van der Waals surface area contributed by atoms with Crippen molar-refractivity contribution >= 4 is 5.97 Å². The summed E-state index contributed by atoms with van der Waals surface area (Å²) in [5.74, 6) is -4.63. The maximum absolute atomic E-state index is 13.9. The average Bonchev–Trinajstić information content (AvgIpc) is 3.03. The molecule has 1 fully saturated rings. The highest BCUT2D eigenvalue weighted by atomic mass is 19.3. The highest BCUT2D eigenvalue weighted by Crippen LogP contribution is 2.46. The van der Waals surface area contributed by atoms with Crippen LogP contribution in [0.4, 0.5) is 8.78 Å². The number of halogens is 2. The van der Waals surface area contributed by atoms with Crippen molar-refractivity contribution in [1.29, 1.82) is 0 Å². The van der Waals surface area contributed by atoms with E-state index in [1.54, 1.807) is 24.4 Å². The minimum atomic E-state index is -2.95. The molecule has 1 saturated carbocycles. The second-order valence-electron chi connectivity index (χ2n) is 7.30. The van der Waals surface area contributed by atoms with Gasteiger partial charge in [-0.25, -0.2) is 18.6 Å². The Balaban J connectivity index is 1.94. The summed E-state index contributed by atoms with van der Waals surface area (Å²) in [5, 5.41) is 21.0. The molecule has 1 heterocycles. The third kappa shape index (κ3) is 3.88. The summed E-state index contributed by atoms with van der Waals surface area (Å²) >= 11 is 0. The average molecular weight is 378 g/mol. The minimum absolute atomic E-state index is 0.198. The molecule has 0 unspecified atom stereocenters. The summed E-state index contributed by atoms with van der Waals surface area (Å²) in [5.41, 5.74) is -1.48. The van der Waals surface area contributed by atoms with Crippen LogP contribution < -0.4 is 0 Å². The van der Waals surface area contributed by atoms with Gasteiger partial charge in [-0.3, -0.25) is 0 Å². The first-order valence-corrected chi connectivity index (χ1v) is 9.14. The fourth-order valence-corrected chi connectivity index (χ4v) is 4.03. The molecule has 1 aromatic heterocycles. The maximum atomic E-state index is 13.9. The van der Waals surface area contributed by atoms with E-state index in [0.717, 1.165) is 5.82 Å². The number of aryl methyl sites for hydroxylation is 3. The topological polar surface area (TPSA) is 75.3 Å². The van der Waals surface area contributed by atoms with Crippen LogP contribution in [0.1, 0.15) is 42.6 Å².